The molecule has 0 spiro atoms. The van der Waals surface area contributed by atoms with Crippen LogP contribution in [-0.4, -0.2) is 27.0 Å². The number of benzene rings is 1. The van der Waals surface area contributed by atoms with E-state index in [1.165, 1.54) is 6.07 Å². The van der Waals surface area contributed by atoms with Crippen molar-refractivity contribution >= 4 is 9.84 Å². The molecule has 1 rings (SSSR count). The molecule has 16 heavy (non-hydrogen) atoms. The summed E-state index contributed by atoms with van der Waals surface area (Å²) in [6.45, 7) is 1.57. The van der Waals surface area contributed by atoms with Gasteiger partial charge in [-0.25, -0.2) is 12.8 Å². The number of nitrogens with one attached hydrogen (secondary N) is 1. The topological polar surface area (TPSA) is 46.2 Å². The summed E-state index contributed by atoms with van der Waals surface area (Å²) in [7, 11) is -1.58. The summed E-state index contributed by atoms with van der Waals surface area (Å²) < 4.78 is 36.4. The maximum absolute atomic E-state index is 13.5. The molecule has 3 nitrogen and oxygen atoms in total. The van der Waals surface area contributed by atoms with Crippen LogP contribution in [0.4, 0.5) is 4.39 Å². The molecule has 1 N–H and O–H groups in total. The van der Waals surface area contributed by atoms with E-state index in [4.69, 9.17) is 0 Å². The molecular weight excluding hydrogens is 229 g/mol. The third-order valence-corrected chi connectivity index (χ3v) is 4.32. The molecular formula is C11H16FNO2S. The first-order valence-corrected chi connectivity index (χ1v) is 6.94. The lowest BCUT2D eigenvalue weighted by Gasteiger charge is -2.22. The zero-order chi connectivity index (χ0) is 12.3. The molecule has 2 atom stereocenters. The lowest BCUT2D eigenvalue weighted by molar-refractivity contribution is 0.508. The van der Waals surface area contributed by atoms with Crippen LogP contribution < -0.4 is 5.32 Å². The van der Waals surface area contributed by atoms with Crippen LogP contribution in [0.1, 0.15) is 18.5 Å². The number of hydrogen-bond acceptors (Lipinski definition) is 3. The van der Waals surface area contributed by atoms with Gasteiger partial charge in [-0.3, -0.25) is 0 Å². The Hall–Kier alpha value is -0.940. The van der Waals surface area contributed by atoms with Gasteiger partial charge in [0.25, 0.3) is 0 Å². The number of rotatable bonds is 4. The van der Waals surface area contributed by atoms with Crippen molar-refractivity contribution < 1.29 is 12.8 Å². The minimum atomic E-state index is -3.21. The fourth-order valence-corrected chi connectivity index (χ4v) is 2.39. The van der Waals surface area contributed by atoms with E-state index in [-0.39, 0.29) is 0 Å². The summed E-state index contributed by atoms with van der Waals surface area (Å²) in [5.41, 5.74) is 0.378. The van der Waals surface area contributed by atoms with Crippen molar-refractivity contribution in [3.8, 4) is 0 Å². The molecule has 0 heterocycles. The van der Waals surface area contributed by atoms with E-state index < -0.39 is 26.9 Å². The average Bonchev–Trinajstić information content (AvgIpc) is 2.20. The summed E-state index contributed by atoms with van der Waals surface area (Å²) in [5, 5.41) is 2.17. The average molecular weight is 245 g/mol. The molecule has 0 amide bonds. The third-order valence-electron chi connectivity index (χ3n) is 2.70. The molecule has 2 unspecified atom stereocenters. The van der Waals surface area contributed by atoms with Crippen LogP contribution >= 0.6 is 0 Å². The van der Waals surface area contributed by atoms with Crippen LogP contribution in [0.3, 0.4) is 0 Å². The van der Waals surface area contributed by atoms with Gasteiger partial charge in [0.2, 0.25) is 0 Å². The number of sulfone groups is 1. The normalized spacial score (nSPS) is 15.8. The second-order valence-corrected chi connectivity index (χ2v) is 6.23. The first kappa shape index (κ1) is 13.1. The highest BCUT2D eigenvalue weighted by Gasteiger charge is 2.27. The molecule has 0 aliphatic rings. The summed E-state index contributed by atoms with van der Waals surface area (Å²) in [6.07, 6.45) is 1.16. The first-order valence-electron chi connectivity index (χ1n) is 4.98. The standard InChI is InChI=1S/C11H16FNO2S/c1-8(16(3,14)15)11(13-2)9-6-4-5-7-10(9)12/h4-8,11,13H,1-3H3. The van der Waals surface area contributed by atoms with Gasteiger partial charge in [0, 0.05) is 11.8 Å². The van der Waals surface area contributed by atoms with Gasteiger partial charge in [0.05, 0.1) is 11.3 Å². The highest BCUT2D eigenvalue weighted by molar-refractivity contribution is 7.91. The highest BCUT2D eigenvalue weighted by atomic mass is 32.2. The zero-order valence-corrected chi connectivity index (χ0v) is 10.4. The SMILES string of the molecule is CNC(c1ccccc1F)C(C)S(C)(=O)=O. The first-order chi connectivity index (χ1) is 7.38. The van der Waals surface area contributed by atoms with Crippen molar-refractivity contribution in [1.82, 2.24) is 5.32 Å². The highest BCUT2D eigenvalue weighted by Crippen LogP contribution is 2.23. The van der Waals surface area contributed by atoms with Gasteiger partial charge in [-0.05, 0) is 20.0 Å². The van der Waals surface area contributed by atoms with Crippen LogP contribution in [0.25, 0.3) is 0 Å². The van der Waals surface area contributed by atoms with Crippen LogP contribution in [0.2, 0.25) is 0 Å². The molecule has 0 saturated heterocycles. The van der Waals surface area contributed by atoms with E-state index >= 15 is 0 Å². The van der Waals surface area contributed by atoms with Crippen molar-refractivity contribution in [2.24, 2.45) is 0 Å². The van der Waals surface area contributed by atoms with Crippen molar-refractivity contribution in [3.05, 3.63) is 35.6 Å². The molecule has 0 fully saturated rings. The molecule has 5 heteroatoms. The molecule has 0 radical (unpaired) electrons. The Morgan fingerprint density at radius 1 is 1.31 bits per heavy atom. The Morgan fingerprint density at radius 3 is 2.31 bits per heavy atom. The summed E-state index contributed by atoms with van der Waals surface area (Å²) in [4.78, 5) is 0. The quantitative estimate of drug-likeness (QED) is 0.874. The summed E-state index contributed by atoms with van der Waals surface area (Å²) >= 11 is 0. The second-order valence-electron chi connectivity index (χ2n) is 3.82. The Bertz CT molecular complexity index is 459. The van der Waals surface area contributed by atoms with Crippen LogP contribution in [0, 0.1) is 5.82 Å². The Balaban J connectivity index is 3.14. The van der Waals surface area contributed by atoms with E-state index in [2.05, 4.69) is 5.32 Å². The van der Waals surface area contributed by atoms with Crippen molar-refractivity contribution in [2.45, 2.75) is 18.2 Å². The summed E-state index contributed by atoms with van der Waals surface area (Å²) in [5.74, 6) is -0.391. The molecule has 0 aliphatic heterocycles. The van der Waals surface area contributed by atoms with Gasteiger partial charge in [0.1, 0.15) is 5.82 Å². The van der Waals surface area contributed by atoms with Crippen molar-refractivity contribution in [2.75, 3.05) is 13.3 Å². The lowest BCUT2D eigenvalue weighted by Crippen LogP contribution is -2.33. The largest absolute Gasteiger partial charge is 0.312 e. The monoisotopic (exact) mass is 245 g/mol. The maximum Gasteiger partial charge on any atom is 0.151 e. The smallest absolute Gasteiger partial charge is 0.151 e. The molecule has 0 aliphatic carbocycles. The van der Waals surface area contributed by atoms with Crippen molar-refractivity contribution in [1.29, 1.82) is 0 Å². The maximum atomic E-state index is 13.5. The van der Waals surface area contributed by atoms with E-state index in [0.29, 0.717) is 5.56 Å². The molecule has 90 valence electrons. The molecule has 1 aromatic carbocycles. The minimum Gasteiger partial charge on any atom is -0.312 e. The lowest BCUT2D eigenvalue weighted by atomic mass is 10.0. The minimum absolute atomic E-state index is 0.378. The molecule has 1 aromatic rings. The van der Waals surface area contributed by atoms with Gasteiger partial charge < -0.3 is 5.32 Å². The zero-order valence-electron chi connectivity index (χ0n) is 9.57. The van der Waals surface area contributed by atoms with E-state index in [0.717, 1.165) is 6.26 Å². The summed E-state index contributed by atoms with van der Waals surface area (Å²) in [6, 6.07) is 5.66. The fourth-order valence-electron chi connectivity index (χ4n) is 1.62. The van der Waals surface area contributed by atoms with Gasteiger partial charge in [-0.15, -0.1) is 0 Å². The molecule has 0 bridgehead atoms. The van der Waals surface area contributed by atoms with E-state index in [9.17, 15) is 12.8 Å². The fraction of sp³-hybridized carbons (Fsp3) is 0.455. The van der Waals surface area contributed by atoms with Crippen LogP contribution in [0.5, 0.6) is 0 Å². The number of halogens is 1. The molecule has 0 aromatic heterocycles. The van der Waals surface area contributed by atoms with E-state index in [1.807, 2.05) is 0 Å². The third kappa shape index (κ3) is 2.80. The van der Waals surface area contributed by atoms with Crippen LogP contribution in [-0.2, 0) is 9.84 Å². The molecule has 0 saturated carbocycles. The second kappa shape index (κ2) is 4.93. The number of hydrogen-bond donors (Lipinski definition) is 1. The van der Waals surface area contributed by atoms with Gasteiger partial charge in [-0.2, -0.15) is 0 Å². The predicted octanol–water partition coefficient (Wildman–Crippen LogP) is 1.52. The van der Waals surface area contributed by atoms with Gasteiger partial charge >= 0.3 is 0 Å². The van der Waals surface area contributed by atoms with Crippen molar-refractivity contribution in [3.63, 3.8) is 0 Å². The Morgan fingerprint density at radius 2 is 1.88 bits per heavy atom. The Kier molecular flexibility index (Phi) is 4.04. The predicted molar refractivity (Wildman–Crippen MR) is 62.5 cm³/mol. The van der Waals surface area contributed by atoms with Crippen LogP contribution in [0.15, 0.2) is 24.3 Å². The van der Waals surface area contributed by atoms with Gasteiger partial charge in [-0.1, -0.05) is 18.2 Å². The van der Waals surface area contributed by atoms with E-state index in [1.54, 1.807) is 32.2 Å². The Labute approximate surface area is 95.6 Å². The van der Waals surface area contributed by atoms with Gasteiger partial charge in [0.15, 0.2) is 9.84 Å².